The molecular weight excluding hydrogens is 188 g/mol. The normalized spacial score (nSPS) is 10.3. The molecule has 0 saturated heterocycles. The average molecular weight is 200 g/mol. The second-order valence-corrected chi connectivity index (χ2v) is 3.78. The molecule has 3 heteroatoms. The number of aryl methyl sites for hydroxylation is 3. The summed E-state index contributed by atoms with van der Waals surface area (Å²) in [5, 5.41) is 1.00. The largest absolute Gasteiger partial charge is 0.348 e. The highest BCUT2D eigenvalue weighted by Crippen LogP contribution is 2.29. The van der Waals surface area contributed by atoms with Crippen LogP contribution in [0.15, 0.2) is 23.3 Å². The highest BCUT2D eigenvalue weighted by atomic mass is 16.1. The summed E-state index contributed by atoms with van der Waals surface area (Å²) in [6.45, 7) is 4.13. The average Bonchev–Trinajstić information content (AvgIpc) is 2.46. The summed E-state index contributed by atoms with van der Waals surface area (Å²) in [6.07, 6.45) is 3.43. The summed E-state index contributed by atoms with van der Waals surface area (Å²) in [5.41, 5.74) is 4.22. The number of carbonyl (C=O) groups excluding carboxylic acids is 1. The van der Waals surface area contributed by atoms with E-state index in [1.165, 1.54) is 11.1 Å². The van der Waals surface area contributed by atoms with Gasteiger partial charge in [-0.3, -0.25) is 0 Å². The second-order valence-electron chi connectivity index (χ2n) is 3.78. The van der Waals surface area contributed by atoms with Crippen molar-refractivity contribution in [2.45, 2.75) is 13.8 Å². The molecule has 1 heterocycles. The van der Waals surface area contributed by atoms with Crippen molar-refractivity contribution < 1.29 is 4.79 Å². The molecule has 0 radical (unpaired) electrons. The molecule has 0 saturated carbocycles. The van der Waals surface area contributed by atoms with Crippen molar-refractivity contribution in [3.8, 4) is 0 Å². The number of aromatic nitrogens is 1. The first kappa shape index (κ1) is 9.69. The minimum absolute atomic E-state index is 0.686. The highest BCUT2D eigenvalue weighted by Gasteiger charge is 2.07. The van der Waals surface area contributed by atoms with E-state index in [2.05, 4.69) is 31.0 Å². The van der Waals surface area contributed by atoms with Gasteiger partial charge in [-0.15, -0.1) is 0 Å². The first-order valence-electron chi connectivity index (χ1n) is 4.77. The zero-order chi connectivity index (χ0) is 11.0. The van der Waals surface area contributed by atoms with Gasteiger partial charge in [0, 0.05) is 18.6 Å². The second kappa shape index (κ2) is 3.37. The van der Waals surface area contributed by atoms with Crippen LogP contribution in [0.2, 0.25) is 0 Å². The van der Waals surface area contributed by atoms with E-state index in [0.717, 1.165) is 10.9 Å². The number of fused-ring (bicyclic) bond motifs is 1. The molecule has 3 nitrogen and oxygen atoms in total. The van der Waals surface area contributed by atoms with E-state index >= 15 is 0 Å². The zero-order valence-electron chi connectivity index (χ0n) is 9.03. The van der Waals surface area contributed by atoms with Crippen molar-refractivity contribution in [3.63, 3.8) is 0 Å². The molecule has 0 N–H and O–H groups in total. The van der Waals surface area contributed by atoms with Crippen LogP contribution in [0.5, 0.6) is 0 Å². The van der Waals surface area contributed by atoms with Crippen molar-refractivity contribution in [1.82, 2.24) is 4.57 Å². The van der Waals surface area contributed by atoms with E-state index in [1.54, 1.807) is 6.08 Å². The topological polar surface area (TPSA) is 34.4 Å². The maximum absolute atomic E-state index is 10.3. The van der Waals surface area contributed by atoms with Crippen molar-refractivity contribution in [2.75, 3.05) is 0 Å². The van der Waals surface area contributed by atoms with Gasteiger partial charge < -0.3 is 4.57 Å². The van der Waals surface area contributed by atoms with Gasteiger partial charge in [0.05, 0.1) is 5.52 Å². The van der Waals surface area contributed by atoms with Crippen LogP contribution in [0.25, 0.3) is 10.9 Å². The van der Waals surface area contributed by atoms with E-state index in [0.29, 0.717) is 5.69 Å². The van der Waals surface area contributed by atoms with Crippen molar-refractivity contribution in [2.24, 2.45) is 12.0 Å². The number of isocyanates is 1. The monoisotopic (exact) mass is 200 g/mol. The maximum atomic E-state index is 10.3. The minimum Gasteiger partial charge on any atom is -0.348 e. The fraction of sp³-hybridized carbons (Fsp3) is 0.250. The van der Waals surface area contributed by atoms with Crippen LogP contribution in [0.3, 0.4) is 0 Å². The zero-order valence-corrected chi connectivity index (χ0v) is 9.03. The lowest BCUT2D eigenvalue weighted by molar-refractivity contribution is 0.565. The lowest BCUT2D eigenvalue weighted by Gasteiger charge is -2.01. The Kier molecular flexibility index (Phi) is 2.18. The Morgan fingerprint density at radius 1 is 1.27 bits per heavy atom. The van der Waals surface area contributed by atoms with Gasteiger partial charge in [0.2, 0.25) is 6.08 Å². The molecule has 2 aromatic rings. The van der Waals surface area contributed by atoms with E-state index < -0.39 is 0 Å². The molecule has 15 heavy (non-hydrogen) atoms. The number of aliphatic imine (C=N–C) groups is 1. The predicted molar refractivity (Wildman–Crippen MR) is 60.2 cm³/mol. The number of benzene rings is 1. The van der Waals surface area contributed by atoms with Crippen molar-refractivity contribution >= 4 is 22.7 Å². The van der Waals surface area contributed by atoms with Gasteiger partial charge in [-0.1, -0.05) is 0 Å². The van der Waals surface area contributed by atoms with Gasteiger partial charge in [0.15, 0.2) is 0 Å². The first-order valence-corrected chi connectivity index (χ1v) is 4.77. The molecule has 1 aromatic heterocycles. The van der Waals surface area contributed by atoms with E-state index in [-0.39, 0.29) is 0 Å². The molecule has 0 unspecified atom stereocenters. The Balaban J connectivity index is 2.87. The van der Waals surface area contributed by atoms with E-state index in [4.69, 9.17) is 0 Å². The molecule has 0 amide bonds. The number of hydrogen-bond acceptors (Lipinski definition) is 2. The molecule has 0 aliphatic rings. The number of hydrogen-bond donors (Lipinski definition) is 0. The Labute approximate surface area is 88.0 Å². The maximum Gasteiger partial charge on any atom is 0.240 e. The minimum atomic E-state index is 0.686. The predicted octanol–water partition coefficient (Wildman–Crippen LogP) is 2.76. The Morgan fingerprint density at radius 2 is 1.93 bits per heavy atom. The van der Waals surface area contributed by atoms with Crippen LogP contribution in [-0.2, 0) is 11.8 Å². The summed E-state index contributed by atoms with van der Waals surface area (Å²) in [6, 6.07) is 4.16. The third-order valence-electron chi connectivity index (χ3n) is 2.75. The summed E-state index contributed by atoms with van der Waals surface area (Å²) in [4.78, 5) is 14.0. The van der Waals surface area contributed by atoms with Crippen LogP contribution in [0.4, 0.5) is 5.69 Å². The fourth-order valence-corrected chi connectivity index (χ4v) is 1.76. The lowest BCUT2D eigenvalue weighted by Crippen LogP contribution is -1.86. The molecular formula is C12H12N2O. The van der Waals surface area contributed by atoms with Crippen molar-refractivity contribution in [3.05, 3.63) is 29.5 Å². The SMILES string of the molecule is Cc1cc2c(N=C=O)cn(C)c2cc1C. The van der Waals surface area contributed by atoms with Gasteiger partial charge in [0.25, 0.3) is 0 Å². The molecule has 1 aromatic carbocycles. The molecule has 0 bridgehead atoms. The molecule has 0 atom stereocenters. The van der Waals surface area contributed by atoms with Gasteiger partial charge in [0.1, 0.15) is 5.69 Å². The molecule has 76 valence electrons. The first-order chi connectivity index (χ1) is 7.13. The Morgan fingerprint density at radius 3 is 2.60 bits per heavy atom. The fourth-order valence-electron chi connectivity index (χ4n) is 1.76. The van der Waals surface area contributed by atoms with Gasteiger partial charge in [-0.25, -0.2) is 4.79 Å². The van der Waals surface area contributed by atoms with Gasteiger partial charge in [-0.05, 0) is 37.1 Å². The summed E-state index contributed by atoms with van der Waals surface area (Å²) in [5.74, 6) is 0. The third kappa shape index (κ3) is 1.47. The van der Waals surface area contributed by atoms with Crippen LogP contribution in [-0.4, -0.2) is 10.6 Å². The summed E-state index contributed by atoms with van der Waals surface area (Å²) < 4.78 is 1.97. The molecule has 0 spiro atoms. The Bertz CT molecular complexity index is 575. The number of nitrogens with zero attached hydrogens (tertiary/aromatic N) is 2. The van der Waals surface area contributed by atoms with Crippen molar-refractivity contribution in [1.29, 1.82) is 0 Å². The van der Waals surface area contributed by atoms with E-state index in [1.807, 2.05) is 17.8 Å². The molecule has 2 rings (SSSR count). The third-order valence-corrected chi connectivity index (χ3v) is 2.75. The highest BCUT2D eigenvalue weighted by molar-refractivity contribution is 5.93. The van der Waals surface area contributed by atoms with Crippen LogP contribution >= 0.6 is 0 Å². The molecule has 0 fully saturated rings. The van der Waals surface area contributed by atoms with Crippen LogP contribution in [0.1, 0.15) is 11.1 Å². The molecule has 0 aliphatic carbocycles. The van der Waals surface area contributed by atoms with Crippen LogP contribution in [0, 0.1) is 13.8 Å². The Hall–Kier alpha value is -1.86. The summed E-state index contributed by atoms with van der Waals surface area (Å²) >= 11 is 0. The van der Waals surface area contributed by atoms with Gasteiger partial charge >= 0.3 is 0 Å². The smallest absolute Gasteiger partial charge is 0.240 e. The van der Waals surface area contributed by atoms with Crippen LogP contribution < -0.4 is 0 Å². The van der Waals surface area contributed by atoms with Gasteiger partial charge in [-0.2, -0.15) is 4.99 Å². The lowest BCUT2D eigenvalue weighted by atomic mass is 10.1. The summed E-state index contributed by atoms with van der Waals surface area (Å²) in [7, 11) is 1.95. The standard InChI is InChI=1S/C12H12N2O/c1-8-4-10-11(13-7-15)6-14(3)12(10)5-9(8)2/h4-6H,1-3H3. The van der Waals surface area contributed by atoms with E-state index in [9.17, 15) is 4.79 Å². The molecule has 0 aliphatic heterocycles. The quantitative estimate of drug-likeness (QED) is 0.515. The number of rotatable bonds is 1.